The van der Waals surface area contributed by atoms with Gasteiger partial charge in [-0.05, 0) is 0 Å². The van der Waals surface area contributed by atoms with Gasteiger partial charge in [0.1, 0.15) is 0 Å². The molecule has 0 fully saturated rings. The van der Waals surface area contributed by atoms with Crippen LogP contribution in [-0.2, 0) is 18.5 Å². The molecule has 0 aromatic heterocycles. The van der Waals surface area contributed by atoms with Crippen LogP contribution in [0.15, 0.2) is 0 Å². The summed E-state index contributed by atoms with van der Waals surface area (Å²) in [5.41, 5.74) is 0. The second-order valence-corrected chi connectivity index (χ2v) is 2.82. The van der Waals surface area contributed by atoms with Crippen molar-refractivity contribution in [3.63, 3.8) is 0 Å². The van der Waals surface area contributed by atoms with Crippen LogP contribution in [0.4, 0.5) is 4.79 Å². The second-order valence-electron chi connectivity index (χ2n) is 0.349. The molecule has 4 heteroatoms. The summed E-state index contributed by atoms with van der Waals surface area (Å²) >= 11 is 5.05. The van der Waals surface area contributed by atoms with Gasteiger partial charge in [-0.2, -0.15) is 0 Å². The van der Waals surface area contributed by atoms with Crippen molar-refractivity contribution < 1.29 is 23.3 Å². The summed E-state index contributed by atoms with van der Waals surface area (Å²) in [5.74, 6) is 0. The maximum absolute atomic E-state index is 9.64. The fourth-order valence-corrected chi connectivity index (χ4v) is 0. The molecule has 0 radical (unpaired) electrons. The molecule has 0 spiro atoms. The van der Waals surface area contributed by atoms with E-state index in [0.717, 1.165) is 9.47 Å². The van der Waals surface area contributed by atoms with Crippen LogP contribution < -0.4 is 0 Å². The van der Waals surface area contributed by atoms with Crippen LogP contribution >= 0.6 is 22.1 Å². The minimum atomic E-state index is -0.130. The molecule has 0 heterocycles. The zero-order chi connectivity index (χ0) is 4.28. The molecule has 0 aliphatic rings. The van der Waals surface area contributed by atoms with E-state index < -0.39 is 0 Å². The van der Waals surface area contributed by atoms with E-state index in [2.05, 4.69) is 12.6 Å². The van der Waals surface area contributed by atoms with Crippen molar-refractivity contribution in [2.24, 2.45) is 0 Å². The first kappa shape index (κ1) is 6.06. The molecular formula is CHMoOS2. The molecule has 0 atom stereocenters. The average molecular weight is 189 g/mol. The van der Waals surface area contributed by atoms with Gasteiger partial charge in [0.25, 0.3) is 0 Å². The molecule has 0 bridgehead atoms. The molecule has 0 aromatic rings. The standard InChI is InChI=1S/CH2OS2.Mo/c2-1(3)4;/h(H2,2,3,4);/q;+1/p-1. The Kier molecular flexibility index (Phi) is 3.95. The Hall–Kier alpha value is 1.06. The van der Waals surface area contributed by atoms with Crippen molar-refractivity contribution >= 4 is 26.5 Å². The van der Waals surface area contributed by atoms with E-state index in [1.165, 1.54) is 0 Å². The summed E-state index contributed by atoms with van der Waals surface area (Å²) in [6.45, 7) is 0. The predicted octanol–water partition coefficient (Wildman–Crippen LogP) is 1.23. The normalized spacial score (nSPS) is 7.40. The van der Waals surface area contributed by atoms with Gasteiger partial charge in [-0.3, -0.25) is 0 Å². The van der Waals surface area contributed by atoms with Gasteiger partial charge in [0.15, 0.2) is 0 Å². The molecule has 5 heavy (non-hydrogen) atoms. The van der Waals surface area contributed by atoms with Crippen molar-refractivity contribution in [2.75, 3.05) is 0 Å². The van der Waals surface area contributed by atoms with Gasteiger partial charge < -0.3 is 0 Å². The SMILES string of the molecule is O=C(S)[S][Mo]. The fraction of sp³-hybridized carbons (Fsp3) is 0. The second kappa shape index (κ2) is 3.26. The molecule has 0 unspecified atom stereocenters. The molecule has 1 nitrogen and oxygen atoms in total. The van der Waals surface area contributed by atoms with Gasteiger partial charge in [-0.1, -0.05) is 0 Å². The van der Waals surface area contributed by atoms with Gasteiger partial charge >= 0.3 is 49.9 Å². The Balaban J connectivity index is 2.85. The van der Waals surface area contributed by atoms with Gasteiger partial charge in [-0.15, -0.1) is 0 Å². The number of thiol groups is 1. The van der Waals surface area contributed by atoms with Crippen molar-refractivity contribution in [1.29, 1.82) is 0 Å². The fourth-order valence-electron chi connectivity index (χ4n) is 0. The zero-order valence-electron chi connectivity index (χ0n) is 2.17. The number of carbonyl (C=O) groups is 1. The third kappa shape index (κ3) is 5.06. The van der Waals surface area contributed by atoms with E-state index in [4.69, 9.17) is 0 Å². The van der Waals surface area contributed by atoms with Gasteiger partial charge in [0.05, 0.1) is 0 Å². The summed E-state index contributed by atoms with van der Waals surface area (Å²) in [4.78, 5) is 9.64. The first-order chi connectivity index (χ1) is 2.27. The third-order valence-corrected chi connectivity index (χ3v) is 2.59. The van der Waals surface area contributed by atoms with E-state index >= 15 is 0 Å². The Morgan fingerprint density at radius 2 is 2.20 bits per heavy atom. The van der Waals surface area contributed by atoms with Crippen LogP contribution in [0, 0.1) is 0 Å². The van der Waals surface area contributed by atoms with E-state index in [1.54, 1.807) is 18.5 Å². The topological polar surface area (TPSA) is 17.1 Å². The van der Waals surface area contributed by atoms with Crippen LogP contribution in [-0.4, -0.2) is 4.45 Å². The summed E-state index contributed by atoms with van der Waals surface area (Å²) < 4.78 is -0.130. The van der Waals surface area contributed by atoms with Crippen LogP contribution in [0.2, 0.25) is 0 Å². The average Bonchev–Trinajstić information content (AvgIpc) is 1.38. The van der Waals surface area contributed by atoms with E-state index in [1.807, 2.05) is 0 Å². The van der Waals surface area contributed by atoms with Crippen molar-refractivity contribution in [3.05, 3.63) is 0 Å². The number of hydrogen-bond donors (Lipinski definition) is 1. The summed E-state index contributed by atoms with van der Waals surface area (Å²) in [6, 6.07) is 0. The van der Waals surface area contributed by atoms with Crippen molar-refractivity contribution in [3.8, 4) is 0 Å². The molecule has 0 N–H and O–H groups in total. The van der Waals surface area contributed by atoms with Crippen LogP contribution in [0.25, 0.3) is 0 Å². The Labute approximate surface area is 49.9 Å². The predicted molar refractivity (Wildman–Crippen MR) is 22.0 cm³/mol. The van der Waals surface area contributed by atoms with Crippen molar-refractivity contribution in [2.45, 2.75) is 0 Å². The zero-order valence-corrected chi connectivity index (χ0v) is 5.89. The summed E-state index contributed by atoms with van der Waals surface area (Å²) in [5, 5.41) is 0. The minimum absolute atomic E-state index is 0.130. The number of rotatable bonds is 0. The summed E-state index contributed by atoms with van der Waals surface area (Å²) in [7, 11) is 1.11. The molecule has 29 valence electrons. The quantitative estimate of drug-likeness (QED) is 0.456. The molecule has 0 rings (SSSR count). The maximum atomic E-state index is 9.64. The van der Waals surface area contributed by atoms with Gasteiger partial charge in [0, 0.05) is 0 Å². The van der Waals surface area contributed by atoms with Crippen molar-refractivity contribution in [1.82, 2.24) is 0 Å². The molecule has 0 aliphatic carbocycles. The Morgan fingerprint density at radius 3 is 2.20 bits per heavy atom. The first-order valence-corrected chi connectivity index (χ1v) is 4.45. The number of hydrogen-bond acceptors (Lipinski definition) is 2. The molecule has 0 saturated carbocycles. The first-order valence-electron chi connectivity index (χ1n) is 0.799. The molecule has 0 saturated heterocycles. The Bertz CT molecular complexity index is 44.9. The summed E-state index contributed by atoms with van der Waals surface area (Å²) in [6.07, 6.45) is 0. The monoisotopic (exact) mass is 191 g/mol. The van der Waals surface area contributed by atoms with Crippen LogP contribution in [0.1, 0.15) is 0 Å². The third-order valence-electron chi connectivity index (χ3n) is 0.0713. The Morgan fingerprint density at radius 1 is 2.00 bits per heavy atom. The molecule has 0 amide bonds. The molecular weight excluding hydrogens is 188 g/mol. The van der Waals surface area contributed by atoms with E-state index in [-0.39, 0.29) is 4.45 Å². The van der Waals surface area contributed by atoms with E-state index in [0.29, 0.717) is 0 Å². The van der Waals surface area contributed by atoms with Gasteiger partial charge in [0.2, 0.25) is 0 Å². The molecule has 0 aliphatic heterocycles. The molecule has 0 aromatic carbocycles. The van der Waals surface area contributed by atoms with E-state index in [9.17, 15) is 4.79 Å². The van der Waals surface area contributed by atoms with Crippen LogP contribution in [0.5, 0.6) is 0 Å². The van der Waals surface area contributed by atoms with Gasteiger partial charge in [-0.25, -0.2) is 0 Å². The number of carbonyl (C=O) groups excluding carboxylic acids is 1. The van der Waals surface area contributed by atoms with Crippen LogP contribution in [0.3, 0.4) is 0 Å².